The molecule has 1 fully saturated rings. The van der Waals surface area contributed by atoms with Gasteiger partial charge in [0.05, 0.1) is 5.54 Å². The maximum Gasteiger partial charge on any atom is 0.123 e. The SMILES string of the molecule is Cc1c(Cl)cccc1OCC1(N)CC1. The molecule has 0 amide bonds. The van der Waals surface area contributed by atoms with E-state index in [1.807, 2.05) is 25.1 Å². The van der Waals surface area contributed by atoms with Gasteiger partial charge in [-0.3, -0.25) is 0 Å². The third-order valence-electron chi connectivity index (χ3n) is 2.63. The summed E-state index contributed by atoms with van der Waals surface area (Å²) in [6.45, 7) is 2.54. The lowest BCUT2D eigenvalue weighted by molar-refractivity contribution is 0.278. The predicted octanol–water partition coefficient (Wildman–Crippen LogP) is 2.52. The Balaban J connectivity index is 2.05. The first-order valence-electron chi connectivity index (χ1n) is 4.78. The molecule has 0 atom stereocenters. The molecule has 0 aliphatic heterocycles. The number of nitrogens with two attached hydrogens (primary N) is 1. The van der Waals surface area contributed by atoms with E-state index in [2.05, 4.69) is 0 Å². The van der Waals surface area contributed by atoms with Gasteiger partial charge >= 0.3 is 0 Å². The van der Waals surface area contributed by atoms with Gasteiger partial charge in [-0.25, -0.2) is 0 Å². The van der Waals surface area contributed by atoms with Crippen LogP contribution in [0.1, 0.15) is 18.4 Å². The zero-order chi connectivity index (χ0) is 10.2. The van der Waals surface area contributed by atoms with Crippen molar-refractivity contribution in [3.63, 3.8) is 0 Å². The van der Waals surface area contributed by atoms with Crippen LogP contribution in [-0.4, -0.2) is 12.1 Å². The molecule has 0 radical (unpaired) electrons. The maximum atomic E-state index is 5.97. The molecule has 1 aliphatic rings. The van der Waals surface area contributed by atoms with Crippen LogP contribution in [0.5, 0.6) is 5.75 Å². The highest BCUT2D eigenvalue weighted by Gasteiger charge is 2.39. The van der Waals surface area contributed by atoms with E-state index in [4.69, 9.17) is 22.1 Å². The van der Waals surface area contributed by atoms with Crippen LogP contribution in [0.4, 0.5) is 0 Å². The Morgan fingerprint density at radius 2 is 2.21 bits per heavy atom. The van der Waals surface area contributed by atoms with Crippen molar-refractivity contribution in [1.29, 1.82) is 0 Å². The summed E-state index contributed by atoms with van der Waals surface area (Å²) in [7, 11) is 0. The first-order valence-corrected chi connectivity index (χ1v) is 5.15. The molecule has 1 aliphatic carbocycles. The molecule has 1 aromatic carbocycles. The number of rotatable bonds is 3. The fourth-order valence-corrected chi connectivity index (χ4v) is 1.44. The first-order chi connectivity index (χ1) is 6.61. The molecule has 0 spiro atoms. The van der Waals surface area contributed by atoms with E-state index in [-0.39, 0.29) is 5.54 Å². The second kappa shape index (κ2) is 3.44. The molecule has 76 valence electrons. The second-order valence-corrected chi connectivity index (χ2v) is 4.42. The third kappa shape index (κ3) is 2.02. The van der Waals surface area contributed by atoms with Gasteiger partial charge in [-0.05, 0) is 31.9 Å². The zero-order valence-corrected chi connectivity index (χ0v) is 8.97. The van der Waals surface area contributed by atoms with Crippen molar-refractivity contribution < 1.29 is 4.74 Å². The average Bonchev–Trinajstić information content (AvgIpc) is 2.88. The highest BCUT2D eigenvalue weighted by atomic mass is 35.5. The van der Waals surface area contributed by atoms with Gasteiger partial charge in [0.2, 0.25) is 0 Å². The Morgan fingerprint density at radius 3 is 2.86 bits per heavy atom. The Bertz CT molecular complexity index is 347. The fraction of sp³-hybridized carbons (Fsp3) is 0.455. The minimum Gasteiger partial charge on any atom is -0.491 e. The molecule has 0 bridgehead atoms. The Hall–Kier alpha value is -0.730. The smallest absolute Gasteiger partial charge is 0.123 e. The molecular formula is C11H14ClNO. The van der Waals surface area contributed by atoms with E-state index >= 15 is 0 Å². The quantitative estimate of drug-likeness (QED) is 0.834. The number of hydrogen-bond donors (Lipinski definition) is 1. The minimum atomic E-state index is -0.0746. The average molecular weight is 212 g/mol. The van der Waals surface area contributed by atoms with Crippen LogP contribution in [0, 0.1) is 6.92 Å². The number of halogens is 1. The van der Waals surface area contributed by atoms with E-state index in [1.54, 1.807) is 0 Å². The summed E-state index contributed by atoms with van der Waals surface area (Å²) in [6.07, 6.45) is 2.12. The Kier molecular flexibility index (Phi) is 2.41. The molecule has 14 heavy (non-hydrogen) atoms. The summed E-state index contributed by atoms with van der Waals surface area (Å²) < 4.78 is 5.64. The summed E-state index contributed by atoms with van der Waals surface area (Å²) >= 11 is 5.97. The van der Waals surface area contributed by atoms with Crippen molar-refractivity contribution in [2.75, 3.05) is 6.61 Å². The van der Waals surface area contributed by atoms with Crippen LogP contribution < -0.4 is 10.5 Å². The molecule has 1 saturated carbocycles. The Morgan fingerprint density at radius 1 is 1.50 bits per heavy atom. The summed E-state index contributed by atoms with van der Waals surface area (Å²) in [5.41, 5.74) is 6.83. The largest absolute Gasteiger partial charge is 0.491 e. The van der Waals surface area contributed by atoms with E-state index < -0.39 is 0 Å². The summed E-state index contributed by atoms with van der Waals surface area (Å²) in [4.78, 5) is 0. The van der Waals surface area contributed by atoms with Crippen LogP contribution >= 0.6 is 11.6 Å². The van der Waals surface area contributed by atoms with E-state index in [9.17, 15) is 0 Å². The third-order valence-corrected chi connectivity index (χ3v) is 3.03. The number of hydrogen-bond acceptors (Lipinski definition) is 2. The minimum absolute atomic E-state index is 0.0746. The number of benzene rings is 1. The van der Waals surface area contributed by atoms with Gasteiger partial charge in [-0.15, -0.1) is 0 Å². The second-order valence-electron chi connectivity index (χ2n) is 4.01. The molecule has 0 unspecified atom stereocenters. The summed E-state index contributed by atoms with van der Waals surface area (Å²) in [6, 6.07) is 5.67. The molecule has 0 heterocycles. The Labute approximate surface area is 89.0 Å². The monoisotopic (exact) mass is 211 g/mol. The van der Waals surface area contributed by atoms with Crippen LogP contribution in [0.15, 0.2) is 18.2 Å². The van der Waals surface area contributed by atoms with Crippen LogP contribution in [-0.2, 0) is 0 Å². The van der Waals surface area contributed by atoms with Crippen molar-refractivity contribution in [3.05, 3.63) is 28.8 Å². The normalized spacial score (nSPS) is 17.9. The van der Waals surface area contributed by atoms with E-state index in [1.165, 1.54) is 0 Å². The first kappa shape index (κ1) is 9.81. The van der Waals surface area contributed by atoms with Gasteiger partial charge < -0.3 is 10.5 Å². The fourth-order valence-electron chi connectivity index (χ4n) is 1.27. The van der Waals surface area contributed by atoms with Crippen LogP contribution in [0.25, 0.3) is 0 Å². The van der Waals surface area contributed by atoms with Gasteiger partial charge in [0.15, 0.2) is 0 Å². The number of ether oxygens (including phenoxy) is 1. The van der Waals surface area contributed by atoms with Crippen molar-refractivity contribution in [2.45, 2.75) is 25.3 Å². The summed E-state index contributed by atoms with van der Waals surface area (Å²) in [5, 5.41) is 0.740. The molecule has 2 rings (SSSR count). The highest BCUT2D eigenvalue weighted by Crippen LogP contribution is 2.33. The van der Waals surface area contributed by atoms with Gasteiger partial charge in [0.1, 0.15) is 12.4 Å². The zero-order valence-electron chi connectivity index (χ0n) is 8.22. The standard InChI is InChI=1S/C11H14ClNO/c1-8-9(12)3-2-4-10(8)14-7-11(13)5-6-11/h2-4H,5-7,13H2,1H3. The van der Waals surface area contributed by atoms with Crippen molar-refractivity contribution in [1.82, 2.24) is 0 Å². The van der Waals surface area contributed by atoms with Crippen molar-refractivity contribution in [2.24, 2.45) is 5.73 Å². The lowest BCUT2D eigenvalue weighted by Gasteiger charge is -2.13. The molecule has 0 aromatic heterocycles. The van der Waals surface area contributed by atoms with Gasteiger partial charge in [0.25, 0.3) is 0 Å². The van der Waals surface area contributed by atoms with Crippen LogP contribution in [0.2, 0.25) is 5.02 Å². The lowest BCUT2D eigenvalue weighted by Crippen LogP contribution is -2.29. The molecule has 3 heteroatoms. The van der Waals surface area contributed by atoms with Gasteiger partial charge in [0, 0.05) is 10.6 Å². The predicted molar refractivity (Wildman–Crippen MR) is 57.8 cm³/mol. The van der Waals surface area contributed by atoms with E-state index in [0.29, 0.717) is 6.61 Å². The van der Waals surface area contributed by atoms with Gasteiger partial charge in [-0.1, -0.05) is 17.7 Å². The molecule has 0 saturated heterocycles. The topological polar surface area (TPSA) is 35.2 Å². The molecule has 1 aromatic rings. The van der Waals surface area contributed by atoms with E-state index in [0.717, 1.165) is 29.2 Å². The molecular weight excluding hydrogens is 198 g/mol. The maximum absolute atomic E-state index is 5.97. The van der Waals surface area contributed by atoms with Crippen LogP contribution in [0.3, 0.4) is 0 Å². The molecule has 2 N–H and O–H groups in total. The van der Waals surface area contributed by atoms with Crippen molar-refractivity contribution >= 4 is 11.6 Å². The highest BCUT2D eigenvalue weighted by molar-refractivity contribution is 6.31. The lowest BCUT2D eigenvalue weighted by atomic mass is 10.2. The van der Waals surface area contributed by atoms with Gasteiger partial charge in [-0.2, -0.15) is 0 Å². The molecule has 2 nitrogen and oxygen atoms in total. The van der Waals surface area contributed by atoms with Crippen molar-refractivity contribution in [3.8, 4) is 5.75 Å². The summed E-state index contributed by atoms with van der Waals surface area (Å²) in [5.74, 6) is 0.842.